The summed E-state index contributed by atoms with van der Waals surface area (Å²) in [5.41, 5.74) is 0. The van der Waals surface area contributed by atoms with E-state index in [-0.39, 0.29) is 6.61 Å². The Labute approximate surface area is 100 Å². The molecule has 0 bridgehead atoms. The molecule has 17 heavy (non-hydrogen) atoms. The topological polar surface area (TPSA) is 44.8 Å². The van der Waals surface area contributed by atoms with Crippen LogP contribution >= 0.6 is 0 Å². The molecule has 0 aliphatic heterocycles. The Hall–Kier alpha value is -2.15. The van der Waals surface area contributed by atoms with Gasteiger partial charge in [0.05, 0.1) is 13.7 Å². The summed E-state index contributed by atoms with van der Waals surface area (Å²) in [6, 6.07) is 7.23. The van der Waals surface area contributed by atoms with Crippen molar-refractivity contribution in [2.24, 2.45) is 0 Å². The molecule has 0 amide bonds. The predicted octanol–water partition coefficient (Wildman–Crippen LogP) is 1.64. The largest absolute Gasteiger partial charge is 0.493 e. The third kappa shape index (κ3) is 4.47. The smallest absolute Gasteiger partial charge is 0.384 e. The minimum absolute atomic E-state index is 0.110. The number of methoxy groups -OCH3 is 1. The molecule has 0 N–H and O–H groups in total. The second-order valence-electron chi connectivity index (χ2n) is 2.96. The maximum absolute atomic E-state index is 10.9. The molecule has 0 saturated heterocycles. The number of carbonyl (C=O) groups excluding carboxylic acids is 1. The number of ether oxygens (including phenoxy) is 3. The standard InChI is InChI=1S/C13H14O4/c1-3-16-13(14)9-6-10-17-12-8-5-4-7-11(12)15-2/h4-5,7-8H,3,10H2,1-2H3. The number of benzene rings is 1. The van der Waals surface area contributed by atoms with Crippen molar-refractivity contribution in [3.8, 4) is 23.3 Å². The van der Waals surface area contributed by atoms with Crippen molar-refractivity contribution in [3.05, 3.63) is 24.3 Å². The molecule has 1 aromatic carbocycles. The fraction of sp³-hybridized carbons (Fsp3) is 0.308. The zero-order valence-corrected chi connectivity index (χ0v) is 9.86. The summed E-state index contributed by atoms with van der Waals surface area (Å²) in [6.45, 7) is 2.16. The van der Waals surface area contributed by atoms with Crippen molar-refractivity contribution < 1.29 is 19.0 Å². The number of esters is 1. The number of rotatable bonds is 4. The van der Waals surface area contributed by atoms with Gasteiger partial charge in [-0.2, -0.15) is 0 Å². The van der Waals surface area contributed by atoms with E-state index in [9.17, 15) is 4.79 Å². The van der Waals surface area contributed by atoms with E-state index in [0.717, 1.165) is 0 Å². The first-order valence-corrected chi connectivity index (χ1v) is 5.19. The van der Waals surface area contributed by atoms with Crippen LogP contribution in [-0.2, 0) is 9.53 Å². The van der Waals surface area contributed by atoms with Crippen molar-refractivity contribution in [1.29, 1.82) is 0 Å². The summed E-state index contributed by atoms with van der Waals surface area (Å²) in [5.74, 6) is 5.56. The molecule has 90 valence electrons. The minimum Gasteiger partial charge on any atom is -0.493 e. The van der Waals surface area contributed by atoms with E-state index in [1.165, 1.54) is 0 Å². The molecule has 1 rings (SSSR count). The maximum atomic E-state index is 10.9. The molecule has 0 radical (unpaired) electrons. The van der Waals surface area contributed by atoms with Gasteiger partial charge in [-0.15, -0.1) is 0 Å². The van der Waals surface area contributed by atoms with E-state index in [0.29, 0.717) is 18.1 Å². The molecule has 0 unspecified atom stereocenters. The molecule has 1 aromatic rings. The van der Waals surface area contributed by atoms with Crippen LogP contribution < -0.4 is 9.47 Å². The van der Waals surface area contributed by atoms with Crippen molar-refractivity contribution in [2.45, 2.75) is 6.92 Å². The Balaban J connectivity index is 2.48. The van der Waals surface area contributed by atoms with Gasteiger partial charge in [0.25, 0.3) is 0 Å². The molecule has 0 aliphatic carbocycles. The monoisotopic (exact) mass is 234 g/mol. The van der Waals surface area contributed by atoms with Crippen LogP contribution in [0.5, 0.6) is 11.5 Å². The lowest BCUT2D eigenvalue weighted by atomic mass is 10.3. The average molecular weight is 234 g/mol. The molecule has 0 atom stereocenters. The highest BCUT2D eigenvalue weighted by atomic mass is 16.5. The molecule has 4 heteroatoms. The zero-order valence-electron chi connectivity index (χ0n) is 9.86. The van der Waals surface area contributed by atoms with Gasteiger partial charge in [-0.3, -0.25) is 0 Å². The molecule has 0 spiro atoms. The van der Waals surface area contributed by atoms with Crippen molar-refractivity contribution >= 4 is 5.97 Å². The van der Waals surface area contributed by atoms with Gasteiger partial charge in [-0.25, -0.2) is 4.79 Å². The maximum Gasteiger partial charge on any atom is 0.384 e. The lowest BCUT2D eigenvalue weighted by molar-refractivity contribution is -0.136. The lowest BCUT2D eigenvalue weighted by Gasteiger charge is -2.06. The number of hydrogen-bond donors (Lipinski definition) is 0. The van der Waals surface area contributed by atoms with Gasteiger partial charge >= 0.3 is 5.97 Å². The van der Waals surface area contributed by atoms with E-state index in [1.807, 2.05) is 12.1 Å². The first-order valence-electron chi connectivity index (χ1n) is 5.19. The first kappa shape index (κ1) is 12.9. The number of hydrogen-bond acceptors (Lipinski definition) is 4. The lowest BCUT2D eigenvalue weighted by Crippen LogP contribution is -2.01. The Bertz CT molecular complexity index is 429. The second-order valence-corrected chi connectivity index (χ2v) is 2.96. The summed E-state index contributed by atoms with van der Waals surface area (Å²) in [7, 11) is 1.56. The van der Waals surface area contributed by atoms with Crippen molar-refractivity contribution in [3.63, 3.8) is 0 Å². The van der Waals surface area contributed by atoms with Crippen molar-refractivity contribution in [2.75, 3.05) is 20.3 Å². The molecule has 0 aliphatic rings. The number of para-hydroxylation sites is 2. The van der Waals surface area contributed by atoms with Crippen LogP contribution in [0.2, 0.25) is 0 Å². The van der Waals surface area contributed by atoms with Gasteiger partial charge in [0.15, 0.2) is 11.5 Å². The van der Waals surface area contributed by atoms with E-state index in [4.69, 9.17) is 9.47 Å². The van der Waals surface area contributed by atoms with Crippen LogP contribution in [0.1, 0.15) is 6.92 Å². The van der Waals surface area contributed by atoms with Gasteiger partial charge in [0, 0.05) is 5.92 Å². The fourth-order valence-corrected chi connectivity index (χ4v) is 1.13. The Morgan fingerprint density at radius 2 is 2.00 bits per heavy atom. The summed E-state index contributed by atoms with van der Waals surface area (Å²) < 4.78 is 15.1. The van der Waals surface area contributed by atoms with Crippen LogP contribution in [0.25, 0.3) is 0 Å². The van der Waals surface area contributed by atoms with Gasteiger partial charge in [-0.1, -0.05) is 12.1 Å². The van der Waals surface area contributed by atoms with E-state index in [1.54, 1.807) is 26.2 Å². The molecule has 0 fully saturated rings. The minimum atomic E-state index is -0.545. The summed E-state index contributed by atoms with van der Waals surface area (Å²) in [4.78, 5) is 10.9. The van der Waals surface area contributed by atoms with Crippen molar-refractivity contribution in [1.82, 2.24) is 0 Å². The highest BCUT2D eigenvalue weighted by molar-refractivity contribution is 5.88. The summed E-state index contributed by atoms with van der Waals surface area (Å²) in [5, 5.41) is 0. The SMILES string of the molecule is CCOC(=O)C#CCOc1ccccc1OC. The highest BCUT2D eigenvalue weighted by Gasteiger charge is 2.00. The molecular formula is C13H14O4. The second kappa shape index (κ2) is 7.18. The summed E-state index contributed by atoms with van der Waals surface area (Å²) in [6.07, 6.45) is 0. The molecule has 4 nitrogen and oxygen atoms in total. The number of carbonyl (C=O) groups is 1. The highest BCUT2D eigenvalue weighted by Crippen LogP contribution is 2.25. The van der Waals surface area contributed by atoms with Crippen LogP contribution in [0.3, 0.4) is 0 Å². The van der Waals surface area contributed by atoms with E-state index in [2.05, 4.69) is 16.6 Å². The predicted molar refractivity (Wildman–Crippen MR) is 62.9 cm³/mol. The average Bonchev–Trinajstić information content (AvgIpc) is 2.35. The van der Waals surface area contributed by atoms with Gasteiger partial charge in [-0.05, 0) is 25.0 Å². The quantitative estimate of drug-likeness (QED) is 0.451. The van der Waals surface area contributed by atoms with E-state index < -0.39 is 5.97 Å². The Kier molecular flexibility index (Phi) is 5.45. The molecule has 0 heterocycles. The van der Waals surface area contributed by atoms with Crippen LogP contribution in [-0.4, -0.2) is 26.3 Å². The van der Waals surface area contributed by atoms with Gasteiger partial charge in [0.1, 0.15) is 6.61 Å². The fourth-order valence-electron chi connectivity index (χ4n) is 1.13. The van der Waals surface area contributed by atoms with Gasteiger partial charge < -0.3 is 14.2 Å². The zero-order chi connectivity index (χ0) is 12.5. The Morgan fingerprint density at radius 1 is 1.29 bits per heavy atom. The normalized spacial score (nSPS) is 8.82. The summed E-state index contributed by atoms with van der Waals surface area (Å²) >= 11 is 0. The molecule has 0 aromatic heterocycles. The Morgan fingerprint density at radius 3 is 2.65 bits per heavy atom. The first-order chi connectivity index (χ1) is 8.27. The van der Waals surface area contributed by atoms with Gasteiger partial charge in [0.2, 0.25) is 0 Å². The molecule has 0 saturated carbocycles. The third-order valence-electron chi connectivity index (χ3n) is 1.83. The van der Waals surface area contributed by atoms with Crippen LogP contribution in [0.4, 0.5) is 0 Å². The van der Waals surface area contributed by atoms with Crippen LogP contribution in [0, 0.1) is 11.8 Å². The van der Waals surface area contributed by atoms with E-state index >= 15 is 0 Å². The molecular weight excluding hydrogens is 220 g/mol. The third-order valence-corrected chi connectivity index (χ3v) is 1.83. The van der Waals surface area contributed by atoms with Crippen LogP contribution in [0.15, 0.2) is 24.3 Å².